The number of nitriles is 1. The zero-order chi connectivity index (χ0) is 12.3. The van der Waals surface area contributed by atoms with Gasteiger partial charge in [-0.25, -0.2) is 0 Å². The zero-order valence-electron chi connectivity index (χ0n) is 9.37. The van der Waals surface area contributed by atoms with Crippen molar-refractivity contribution >= 4 is 23.0 Å². The molecule has 0 aromatic heterocycles. The van der Waals surface area contributed by atoms with Crippen LogP contribution in [-0.2, 0) is 0 Å². The van der Waals surface area contributed by atoms with Crippen molar-refractivity contribution in [2.24, 2.45) is 0 Å². The molecule has 3 heteroatoms. The zero-order valence-corrected chi connectivity index (χ0v) is 10.1. The van der Waals surface area contributed by atoms with Gasteiger partial charge in [0, 0.05) is 11.4 Å². The third kappa shape index (κ3) is 2.77. The molecule has 0 aliphatic rings. The number of halogens is 1. The Morgan fingerprint density at radius 3 is 2.53 bits per heavy atom. The summed E-state index contributed by atoms with van der Waals surface area (Å²) >= 11 is 5.96. The van der Waals surface area contributed by atoms with Gasteiger partial charge in [-0.15, -0.1) is 0 Å². The molecule has 0 bridgehead atoms. The van der Waals surface area contributed by atoms with Crippen LogP contribution in [-0.4, -0.2) is 0 Å². The molecule has 0 atom stereocenters. The fourth-order valence-electron chi connectivity index (χ4n) is 1.57. The molecule has 0 heterocycles. The lowest BCUT2D eigenvalue weighted by molar-refractivity contribution is 1.44. The number of hydrogen-bond donors (Lipinski definition) is 1. The fraction of sp³-hybridized carbons (Fsp3) is 0.0714. The number of hydrogen-bond acceptors (Lipinski definition) is 2. The summed E-state index contributed by atoms with van der Waals surface area (Å²) in [5.74, 6) is 0. The minimum atomic E-state index is 0.463. The van der Waals surface area contributed by atoms with Crippen molar-refractivity contribution in [1.82, 2.24) is 0 Å². The summed E-state index contributed by atoms with van der Waals surface area (Å²) < 4.78 is 0. The molecule has 2 nitrogen and oxygen atoms in total. The van der Waals surface area contributed by atoms with Crippen LogP contribution in [0.4, 0.5) is 11.4 Å². The maximum atomic E-state index is 8.78. The summed E-state index contributed by atoms with van der Waals surface area (Å²) in [6.07, 6.45) is 0. The molecule has 0 amide bonds. The predicted molar refractivity (Wildman–Crippen MR) is 70.6 cm³/mol. The van der Waals surface area contributed by atoms with Crippen LogP contribution in [0, 0.1) is 18.3 Å². The molecule has 0 aliphatic carbocycles. The van der Waals surface area contributed by atoms with E-state index in [0.717, 1.165) is 11.4 Å². The smallest absolute Gasteiger partial charge is 0.101 e. The van der Waals surface area contributed by atoms with E-state index < -0.39 is 0 Å². The minimum Gasteiger partial charge on any atom is -0.355 e. The van der Waals surface area contributed by atoms with E-state index in [9.17, 15) is 0 Å². The molecule has 2 rings (SSSR count). The first-order chi connectivity index (χ1) is 8.19. The summed E-state index contributed by atoms with van der Waals surface area (Å²) in [6.45, 7) is 2.04. The van der Waals surface area contributed by atoms with Gasteiger partial charge in [-0.3, -0.25) is 0 Å². The second kappa shape index (κ2) is 4.90. The molecule has 0 saturated heterocycles. The average Bonchev–Trinajstić information content (AvgIpc) is 2.29. The summed E-state index contributed by atoms with van der Waals surface area (Å²) in [4.78, 5) is 0. The van der Waals surface area contributed by atoms with Crippen molar-refractivity contribution in [1.29, 1.82) is 5.26 Å². The van der Waals surface area contributed by atoms with E-state index in [1.54, 1.807) is 12.1 Å². The molecule has 0 fully saturated rings. The third-order valence-electron chi connectivity index (χ3n) is 2.40. The summed E-state index contributed by atoms with van der Waals surface area (Å²) in [7, 11) is 0. The SMILES string of the molecule is Cc1cccc(Nc2ccc(C#N)c(Cl)c2)c1. The Balaban J connectivity index is 2.25. The first kappa shape index (κ1) is 11.5. The Labute approximate surface area is 105 Å². The van der Waals surface area contributed by atoms with Gasteiger partial charge in [0.2, 0.25) is 0 Å². The summed E-state index contributed by atoms with van der Waals surface area (Å²) in [5, 5.41) is 12.5. The van der Waals surface area contributed by atoms with E-state index in [4.69, 9.17) is 16.9 Å². The summed E-state index contributed by atoms with van der Waals surface area (Å²) in [5.41, 5.74) is 3.56. The van der Waals surface area contributed by atoms with E-state index in [0.29, 0.717) is 10.6 Å². The molecule has 84 valence electrons. The van der Waals surface area contributed by atoms with Crippen molar-refractivity contribution in [2.45, 2.75) is 6.92 Å². The van der Waals surface area contributed by atoms with Crippen molar-refractivity contribution in [3.63, 3.8) is 0 Å². The lowest BCUT2D eigenvalue weighted by Crippen LogP contribution is -1.91. The number of benzene rings is 2. The fourth-order valence-corrected chi connectivity index (χ4v) is 1.80. The highest BCUT2D eigenvalue weighted by molar-refractivity contribution is 6.32. The van der Waals surface area contributed by atoms with Crippen LogP contribution in [0.2, 0.25) is 5.02 Å². The Morgan fingerprint density at radius 1 is 1.12 bits per heavy atom. The lowest BCUT2D eigenvalue weighted by Gasteiger charge is -2.07. The number of anilines is 2. The van der Waals surface area contributed by atoms with Crippen LogP contribution in [0.1, 0.15) is 11.1 Å². The highest BCUT2D eigenvalue weighted by Gasteiger charge is 2.01. The maximum Gasteiger partial charge on any atom is 0.101 e. The van der Waals surface area contributed by atoms with Gasteiger partial charge in [0.05, 0.1) is 10.6 Å². The molecule has 0 saturated carbocycles. The Hall–Kier alpha value is -1.98. The molecule has 1 N–H and O–H groups in total. The molecule has 17 heavy (non-hydrogen) atoms. The van der Waals surface area contributed by atoms with Gasteiger partial charge in [0.25, 0.3) is 0 Å². The van der Waals surface area contributed by atoms with E-state index in [2.05, 4.69) is 5.32 Å². The first-order valence-electron chi connectivity index (χ1n) is 5.22. The van der Waals surface area contributed by atoms with Gasteiger partial charge in [0.1, 0.15) is 6.07 Å². The second-order valence-corrected chi connectivity index (χ2v) is 4.21. The average molecular weight is 243 g/mol. The van der Waals surface area contributed by atoms with Crippen LogP contribution >= 0.6 is 11.6 Å². The van der Waals surface area contributed by atoms with Crippen molar-refractivity contribution in [3.8, 4) is 6.07 Å². The highest BCUT2D eigenvalue weighted by atomic mass is 35.5. The molecule has 0 radical (unpaired) electrons. The van der Waals surface area contributed by atoms with Crippen LogP contribution < -0.4 is 5.32 Å². The topological polar surface area (TPSA) is 35.8 Å². The van der Waals surface area contributed by atoms with E-state index in [1.807, 2.05) is 43.3 Å². The lowest BCUT2D eigenvalue weighted by atomic mass is 10.2. The molecular weight excluding hydrogens is 232 g/mol. The van der Waals surface area contributed by atoms with Crippen molar-refractivity contribution < 1.29 is 0 Å². The van der Waals surface area contributed by atoms with Crippen LogP contribution in [0.3, 0.4) is 0 Å². The monoisotopic (exact) mass is 242 g/mol. The number of rotatable bonds is 2. The van der Waals surface area contributed by atoms with Gasteiger partial charge in [0.15, 0.2) is 0 Å². The largest absolute Gasteiger partial charge is 0.355 e. The van der Waals surface area contributed by atoms with Crippen LogP contribution in [0.15, 0.2) is 42.5 Å². The van der Waals surface area contributed by atoms with Crippen molar-refractivity contribution in [2.75, 3.05) is 5.32 Å². The molecule has 2 aromatic rings. The summed E-state index contributed by atoms with van der Waals surface area (Å²) in [6, 6.07) is 15.4. The van der Waals surface area contributed by atoms with Gasteiger partial charge in [-0.05, 0) is 42.8 Å². The Kier molecular flexibility index (Phi) is 3.32. The number of aryl methyl sites for hydroxylation is 1. The van der Waals surface area contributed by atoms with Gasteiger partial charge >= 0.3 is 0 Å². The number of nitrogens with one attached hydrogen (secondary N) is 1. The first-order valence-corrected chi connectivity index (χ1v) is 5.60. The Bertz CT molecular complexity index is 585. The molecule has 0 spiro atoms. The van der Waals surface area contributed by atoms with Gasteiger partial charge in [-0.2, -0.15) is 5.26 Å². The molecule has 0 unspecified atom stereocenters. The highest BCUT2D eigenvalue weighted by Crippen LogP contribution is 2.23. The third-order valence-corrected chi connectivity index (χ3v) is 2.71. The molecular formula is C14H11ClN2. The predicted octanol–water partition coefficient (Wildman–Crippen LogP) is 4.26. The van der Waals surface area contributed by atoms with E-state index in [1.165, 1.54) is 5.56 Å². The second-order valence-electron chi connectivity index (χ2n) is 3.80. The van der Waals surface area contributed by atoms with Crippen LogP contribution in [0.5, 0.6) is 0 Å². The van der Waals surface area contributed by atoms with E-state index >= 15 is 0 Å². The quantitative estimate of drug-likeness (QED) is 0.854. The maximum absolute atomic E-state index is 8.78. The Morgan fingerprint density at radius 2 is 1.88 bits per heavy atom. The van der Waals surface area contributed by atoms with Crippen molar-refractivity contribution in [3.05, 3.63) is 58.6 Å². The van der Waals surface area contributed by atoms with E-state index in [-0.39, 0.29) is 0 Å². The van der Waals surface area contributed by atoms with Gasteiger partial charge in [-0.1, -0.05) is 23.7 Å². The standard InChI is InChI=1S/C14H11ClN2/c1-10-3-2-4-12(7-10)17-13-6-5-11(9-16)14(15)8-13/h2-8,17H,1H3. The normalized spacial score (nSPS) is 9.71. The molecule has 2 aromatic carbocycles. The van der Waals surface area contributed by atoms with Gasteiger partial charge < -0.3 is 5.32 Å². The van der Waals surface area contributed by atoms with Crippen LogP contribution in [0.25, 0.3) is 0 Å². The molecule has 0 aliphatic heterocycles. The number of nitrogens with zero attached hydrogens (tertiary/aromatic N) is 1. The minimum absolute atomic E-state index is 0.463.